The van der Waals surface area contributed by atoms with Crippen LogP contribution in [-0.4, -0.2) is 22.3 Å². The van der Waals surface area contributed by atoms with Gasteiger partial charge in [0.05, 0.1) is 4.90 Å². The predicted molar refractivity (Wildman–Crippen MR) is 132 cm³/mol. The first-order valence-electron chi connectivity index (χ1n) is 9.89. The second-order valence-corrected chi connectivity index (χ2v) is 9.88. The van der Waals surface area contributed by atoms with Crippen LogP contribution in [0.2, 0.25) is 0 Å². The van der Waals surface area contributed by atoms with Gasteiger partial charge < -0.3 is 15.6 Å². The number of hydrogen-bond donors (Lipinski definition) is 4. The Morgan fingerprint density at radius 2 is 1.64 bits per heavy atom. The molecular formula is C22H23N4O4S3-. The zero-order valence-electron chi connectivity index (χ0n) is 17.4. The van der Waals surface area contributed by atoms with Crippen LogP contribution in [0.1, 0.15) is 22.7 Å². The number of nitrogens with two attached hydrogens (primary N) is 1. The molecule has 0 saturated heterocycles. The molecule has 2 atom stereocenters. The van der Waals surface area contributed by atoms with Crippen molar-refractivity contribution in [1.29, 1.82) is 0 Å². The fourth-order valence-electron chi connectivity index (χ4n) is 3.22. The van der Waals surface area contributed by atoms with Crippen molar-refractivity contribution in [3.63, 3.8) is 0 Å². The molecule has 3 aromatic rings. The van der Waals surface area contributed by atoms with E-state index in [0.717, 1.165) is 16.7 Å². The second kappa shape index (κ2) is 11.5. The van der Waals surface area contributed by atoms with Gasteiger partial charge in [0.2, 0.25) is 0 Å². The minimum absolute atomic E-state index is 0.0270. The zero-order chi connectivity index (χ0) is 23.8. The number of nitrogens with one attached hydrogen (secondary N) is 3. The topological polar surface area (TPSA) is 136 Å². The molecule has 0 saturated carbocycles. The summed E-state index contributed by atoms with van der Waals surface area (Å²) >= 11 is 2.71. The molecule has 0 spiro atoms. The van der Waals surface area contributed by atoms with Gasteiger partial charge in [0.1, 0.15) is 0 Å². The number of anilines is 1. The van der Waals surface area contributed by atoms with Crippen molar-refractivity contribution in [3.05, 3.63) is 95.6 Å². The van der Waals surface area contributed by atoms with E-state index in [9.17, 15) is 17.2 Å². The minimum atomic E-state index is -3.91. The molecule has 33 heavy (non-hydrogen) atoms. The molecule has 174 valence electrons. The fraction of sp³-hybridized carbons (Fsp3) is 0.136. The molecule has 3 rings (SSSR count). The van der Waals surface area contributed by atoms with Gasteiger partial charge in [0.15, 0.2) is 5.11 Å². The van der Waals surface area contributed by atoms with Crippen LogP contribution in [0.5, 0.6) is 0 Å². The Hall–Kier alpha value is -2.67. The molecule has 0 aliphatic heterocycles. The van der Waals surface area contributed by atoms with Crippen LogP contribution in [0, 0.1) is 0 Å². The highest BCUT2D eigenvalue weighted by atomic mass is 32.2. The highest BCUT2D eigenvalue weighted by Crippen LogP contribution is 2.20. The van der Waals surface area contributed by atoms with E-state index in [2.05, 4.69) is 14.8 Å². The van der Waals surface area contributed by atoms with Crippen LogP contribution in [-0.2, 0) is 34.3 Å². The van der Waals surface area contributed by atoms with Gasteiger partial charge in [-0.2, -0.15) is 0 Å². The van der Waals surface area contributed by atoms with Crippen LogP contribution in [0.15, 0.2) is 83.8 Å². The first-order valence-corrected chi connectivity index (χ1v) is 12.9. The third kappa shape index (κ3) is 7.16. The van der Waals surface area contributed by atoms with Crippen molar-refractivity contribution < 1.29 is 17.2 Å². The second-order valence-electron chi connectivity index (χ2n) is 7.08. The van der Waals surface area contributed by atoms with E-state index in [-0.39, 0.29) is 16.6 Å². The molecule has 0 fully saturated rings. The van der Waals surface area contributed by atoms with Crippen LogP contribution in [0.4, 0.5) is 5.69 Å². The molecule has 0 aliphatic carbocycles. The van der Waals surface area contributed by atoms with Crippen molar-refractivity contribution in [3.8, 4) is 0 Å². The van der Waals surface area contributed by atoms with Crippen molar-refractivity contribution in [2.45, 2.75) is 23.9 Å². The normalized spacial score (nSPS) is 13.2. The van der Waals surface area contributed by atoms with E-state index in [1.165, 1.54) is 12.1 Å². The molecule has 11 heteroatoms. The largest absolute Gasteiger partial charge is 0.760 e. The number of rotatable bonds is 9. The molecule has 0 radical (unpaired) electrons. The van der Waals surface area contributed by atoms with Crippen molar-refractivity contribution in [2.24, 2.45) is 5.73 Å². The summed E-state index contributed by atoms with van der Waals surface area (Å²) in [5, 5.41) is 2.78. The Morgan fingerprint density at radius 3 is 2.27 bits per heavy atom. The summed E-state index contributed by atoms with van der Waals surface area (Å²) in [4.78, 5) is 0.0270. The predicted octanol–water partition coefficient (Wildman–Crippen LogP) is 2.49. The van der Waals surface area contributed by atoms with Crippen molar-refractivity contribution in [1.82, 2.24) is 9.44 Å². The summed E-state index contributed by atoms with van der Waals surface area (Å²) in [5.41, 5.74) is 8.68. The van der Waals surface area contributed by atoms with Gasteiger partial charge in [0, 0.05) is 29.5 Å². The van der Waals surface area contributed by atoms with Gasteiger partial charge in [-0.25, -0.2) is 13.1 Å². The Bertz CT molecular complexity index is 1220. The van der Waals surface area contributed by atoms with E-state index in [1.54, 1.807) is 24.3 Å². The van der Waals surface area contributed by atoms with Gasteiger partial charge in [-0.05, 0) is 53.5 Å². The minimum Gasteiger partial charge on any atom is -0.760 e. The molecule has 2 unspecified atom stereocenters. The van der Waals surface area contributed by atoms with E-state index >= 15 is 0 Å². The molecule has 3 aromatic carbocycles. The van der Waals surface area contributed by atoms with Gasteiger partial charge >= 0.3 is 0 Å². The highest BCUT2D eigenvalue weighted by Gasteiger charge is 2.17. The fourth-order valence-corrected chi connectivity index (χ4v) is 5.02. The van der Waals surface area contributed by atoms with Gasteiger partial charge in [0.25, 0.3) is 10.0 Å². The van der Waals surface area contributed by atoms with Crippen LogP contribution < -0.4 is 20.5 Å². The van der Waals surface area contributed by atoms with E-state index in [1.807, 2.05) is 42.5 Å². The maximum absolute atomic E-state index is 12.7. The average Bonchev–Trinajstić information content (AvgIpc) is 2.79. The zero-order valence-corrected chi connectivity index (χ0v) is 19.9. The lowest BCUT2D eigenvalue weighted by atomic mass is 10.00. The Morgan fingerprint density at radius 1 is 1.00 bits per heavy atom. The SMILES string of the molecule is NCc1ccccc1NC(=S)NS(=O)(=O)c1ccc(CC(NS(=O)[O-])c2ccccc2)cc1. The molecule has 8 nitrogen and oxygen atoms in total. The molecule has 0 amide bonds. The first kappa shape index (κ1) is 25.0. The monoisotopic (exact) mass is 503 g/mol. The van der Waals surface area contributed by atoms with Crippen LogP contribution in [0.3, 0.4) is 0 Å². The summed E-state index contributed by atoms with van der Waals surface area (Å²) in [6.07, 6.45) is 0.349. The summed E-state index contributed by atoms with van der Waals surface area (Å²) in [7, 11) is -3.91. The maximum atomic E-state index is 12.7. The standard InChI is InChI=1S/C22H24N4O4S3/c23-15-18-8-4-5-9-20(18)24-22(31)26-33(29,30)19-12-10-16(11-13-19)14-21(25-32(27)28)17-6-2-1-3-7-17/h1-13,21,25H,14-15,23H2,(H,27,28)(H2,24,26,31)/p-1. The third-order valence-corrected chi connectivity index (χ3v) is 7.00. The quantitative estimate of drug-likeness (QED) is 0.260. The molecule has 0 bridgehead atoms. The summed E-state index contributed by atoms with van der Waals surface area (Å²) < 4.78 is 52.7. The maximum Gasteiger partial charge on any atom is 0.263 e. The van der Waals surface area contributed by atoms with Gasteiger partial charge in [-0.3, -0.25) is 8.93 Å². The lowest BCUT2D eigenvalue weighted by molar-refractivity contribution is 0.504. The van der Waals surface area contributed by atoms with E-state index in [0.29, 0.717) is 12.1 Å². The Kier molecular flexibility index (Phi) is 8.67. The van der Waals surface area contributed by atoms with Gasteiger partial charge in [-0.1, -0.05) is 60.7 Å². The molecule has 0 aliphatic rings. The van der Waals surface area contributed by atoms with E-state index in [4.69, 9.17) is 18.0 Å². The average molecular weight is 504 g/mol. The van der Waals surface area contributed by atoms with Crippen molar-refractivity contribution >= 4 is 44.3 Å². The molecule has 5 N–H and O–H groups in total. The smallest absolute Gasteiger partial charge is 0.263 e. The molecule has 0 heterocycles. The Labute approximate surface area is 201 Å². The van der Waals surface area contributed by atoms with Crippen molar-refractivity contribution in [2.75, 3.05) is 5.32 Å². The first-order chi connectivity index (χ1) is 15.8. The molecule has 0 aromatic heterocycles. The summed E-state index contributed by atoms with van der Waals surface area (Å²) in [6.45, 7) is 0.277. The van der Waals surface area contributed by atoms with E-state index < -0.39 is 27.3 Å². The van der Waals surface area contributed by atoms with Gasteiger partial charge in [-0.15, -0.1) is 0 Å². The lowest BCUT2D eigenvalue weighted by Gasteiger charge is -2.21. The number of benzene rings is 3. The summed E-state index contributed by atoms with van der Waals surface area (Å²) in [6, 6.07) is 22.0. The Balaban J connectivity index is 1.70. The number of hydrogen-bond acceptors (Lipinski definition) is 6. The summed E-state index contributed by atoms with van der Waals surface area (Å²) in [5.74, 6) is 0. The number of thiocarbonyl (C=S) groups is 1. The lowest BCUT2D eigenvalue weighted by Crippen LogP contribution is -2.34. The third-order valence-electron chi connectivity index (χ3n) is 4.83. The van der Waals surface area contributed by atoms with Crippen LogP contribution in [0.25, 0.3) is 0 Å². The molecular weight excluding hydrogens is 480 g/mol. The number of para-hydroxylation sites is 1. The van der Waals surface area contributed by atoms with Crippen LogP contribution >= 0.6 is 12.2 Å². The number of sulfonamides is 1. The highest BCUT2D eigenvalue weighted by molar-refractivity contribution is 7.92.